The molecule has 1 saturated carbocycles. The molecule has 3 atom stereocenters. The van der Waals surface area contributed by atoms with Crippen molar-refractivity contribution in [2.45, 2.75) is 52.1 Å². The van der Waals surface area contributed by atoms with Gasteiger partial charge in [-0.25, -0.2) is 4.98 Å². The van der Waals surface area contributed by atoms with E-state index in [4.69, 9.17) is 4.98 Å². The van der Waals surface area contributed by atoms with Gasteiger partial charge in [0.2, 0.25) is 0 Å². The lowest BCUT2D eigenvalue weighted by molar-refractivity contribution is 0.303. The fourth-order valence-electron chi connectivity index (χ4n) is 4.07. The van der Waals surface area contributed by atoms with Gasteiger partial charge in [-0.05, 0) is 44.4 Å². The maximum absolute atomic E-state index is 4.89. The Hall–Kier alpha value is -1.35. The van der Waals surface area contributed by atoms with Crippen LogP contribution in [0, 0.1) is 11.8 Å². The van der Waals surface area contributed by atoms with E-state index >= 15 is 0 Å². The van der Waals surface area contributed by atoms with Crippen molar-refractivity contribution in [3.05, 3.63) is 30.1 Å². The van der Waals surface area contributed by atoms with E-state index in [0.717, 1.165) is 30.3 Å². The van der Waals surface area contributed by atoms with E-state index in [9.17, 15) is 0 Å². The molecule has 0 amide bonds. The van der Waals surface area contributed by atoms with Crippen LogP contribution in [0.15, 0.2) is 24.3 Å². The van der Waals surface area contributed by atoms with Gasteiger partial charge in [-0.2, -0.15) is 0 Å². The Morgan fingerprint density at radius 1 is 1.33 bits per heavy atom. The average Bonchev–Trinajstić information content (AvgIpc) is 3.07. The lowest BCUT2D eigenvalue weighted by Gasteiger charge is -2.26. The first-order valence-corrected chi connectivity index (χ1v) is 8.36. The number of imidazole rings is 1. The number of para-hydroxylation sites is 2. The lowest BCUT2D eigenvalue weighted by atomic mass is 9.88. The van der Waals surface area contributed by atoms with Gasteiger partial charge < -0.3 is 9.88 Å². The van der Waals surface area contributed by atoms with Crippen LogP contribution < -0.4 is 5.32 Å². The molecule has 1 aliphatic carbocycles. The molecule has 0 aliphatic heterocycles. The number of nitrogens with one attached hydrogen (secondary N) is 1. The van der Waals surface area contributed by atoms with Gasteiger partial charge in [-0.15, -0.1) is 0 Å². The second-order valence-electron chi connectivity index (χ2n) is 6.43. The van der Waals surface area contributed by atoms with E-state index in [2.05, 4.69) is 55.0 Å². The minimum absolute atomic E-state index is 0.546. The number of likely N-dealkylation sites (N-methyl/N-ethyl adjacent to an activating group) is 1. The molecule has 3 unspecified atom stereocenters. The van der Waals surface area contributed by atoms with Crippen molar-refractivity contribution < 1.29 is 0 Å². The van der Waals surface area contributed by atoms with Crippen LogP contribution in [0.5, 0.6) is 0 Å². The Morgan fingerprint density at radius 3 is 2.81 bits per heavy atom. The summed E-state index contributed by atoms with van der Waals surface area (Å²) in [6.07, 6.45) is 5.16. The Bertz CT molecular complexity index is 602. The molecule has 114 valence electrons. The zero-order valence-electron chi connectivity index (χ0n) is 13.5. The first kappa shape index (κ1) is 14.6. The second-order valence-corrected chi connectivity index (χ2v) is 6.43. The molecular formula is C18H27N3. The van der Waals surface area contributed by atoms with E-state index in [0.29, 0.717) is 6.04 Å². The Labute approximate surface area is 127 Å². The van der Waals surface area contributed by atoms with Crippen LogP contribution in [0.25, 0.3) is 11.0 Å². The largest absolute Gasteiger partial charge is 0.328 e. The first-order valence-electron chi connectivity index (χ1n) is 8.36. The van der Waals surface area contributed by atoms with Crippen molar-refractivity contribution in [2.75, 3.05) is 7.05 Å². The van der Waals surface area contributed by atoms with Crippen molar-refractivity contribution in [1.29, 1.82) is 0 Å². The maximum Gasteiger partial charge on any atom is 0.111 e. The normalized spacial score (nSPS) is 23.8. The highest BCUT2D eigenvalue weighted by Crippen LogP contribution is 2.34. The van der Waals surface area contributed by atoms with Crippen LogP contribution in [0.2, 0.25) is 0 Å². The molecule has 3 heteroatoms. The molecular weight excluding hydrogens is 258 g/mol. The highest BCUT2D eigenvalue weighted by atomic mass is 15.1. The smallest absolute Gasteiger partial charge is 0.111 e. The molecule has 1 fully saturated rings. The Kier molecular flexibility index (Phi) is 4.29. The van der Waals surface area contributed by atoms with Gasteiger partial charge in [0.25, 0.3) is 0 Å². The molecule has 0 saturated heterocycles. The lowest BCUT2D eigenvalue weighted by Crippen LogP contribution is -2.37. The summed E-state index contributed by atoms with van der Waals surface area (Å²) < 4.78 is 2.37. The highest BCUT2D eigenvalue weighted by molar-refractivity contribution is 5.75. The van der Waals surface area contributed by atoms with Crippen molar-refractivity contribution in [1.82, 2.24) is 14.9 Å². The van der Waals surface area contributed by atoms with Gasteiger partial charge in [0.05, 0.1) is 11.0 Å². The van der Waals surface area contributed by atoms with Crippen LogP contribution in [0.3, 0.4) is 0 Å². The second kappa shape index (κ2) is 6.18. The minimum atomic E-state index is 0.546. The Morgan fingerprint density at radius 2 is 2.14 bits per heavy atom. The molecule has 1 heterocycles. The Balaban J connectivity index is 1.89. The van der Waals surface area contributed by atoms with Crippen LogP contribution >= 0.6 is 0 Å². The topological polar surface area (TPSA) is 29.9 Å². The monoisotopic (exact) mass is 285 g/mol. The molecule has 1 aromatic carbocycles. The number of aryl methyl sites for hydroxylation is 1. The number of benzene rings is 1. The third-order valence-corrected chi connectivity index (χ3v) is 5.27. The standard InChI is InChI=1S/C18H27N3/c1-4-21-17-11-6-5-10-15(17)20-18(21)12-16(19-3)14-9-7-8-13(14)2/h5-6,10-11,13-14,16,19H,4,7-9,12H2,1-3H3. The van der Waals surface area contributed by atoms with Crippen molar-refractivity contribution in [3.63, 3.8) is 0 Å². The number of hydrogen-bond donors (Lipinski definition) is 1. The summed E-state index contributed by atoms with van der Waals surface area (Å²) in [6.45, 7) is 5.61. The third-order valence-electron chi connectivity index (χ3n) is 5.27. The summed E-state index contributed by atoms with van der Waals surface area (Å²) in [5.41, 5.74) is 2.40. The van der Waals surface area contributed by atoms with Crippen molar-refractivity contribution in [3.8, 4) is 0 Å². The highest BCUT2D eigenvalue weighted by Gasteiger charge is 2.31. The maximum atomic E-state index is 4.89. The summed E-state index contributed by atoms with van der Waals surface area (Å²) in [6, 6.07) is 9.03. The predicted molar refractivity (Wildman–Crippen MR) is 88.5 cm³/mol. The van der Waals surface area contributed by atoms with Gasteiger partial charge in [-0.3, -0.25) is 0 Å². The van der Waals surface area contributed by atoms with E-state index in [1.807, 2.05) is 0 Å². The van der Waals surface area contributed by atoms with Crippen molar-refractivity contribution in [2.24, 2.45) is 11.8 Å². The van der Waals surface area contributed by atoms with E-state index in [1.165, 1.54) is 30.6 Å². The number of hydrogen-bond acceptors (Lipinski definition) is 2. The van der Waals surface area contributed by atoms with E-state index in [-0.39, 0.29) is 0 Å². The first-order chi connectivity index (χ1) is 10.2. The summed E-state index contributed by atoms with van der Waals surface area (Å²) in [7, 11) is 2.11. The molecule has 21 heavy (non-hydrogen) atoms. The summed E-state index contributed by atoms with van der Waals surface area (Å²) in [5.74, 6) is 2.86. The van der Waals surface area contributed by atoms with Gasteiger partial charge in [0.15, 0.2) is 0 Å². The SMILES string of the molecule is CCn1c(CC(NC)C2CCCC2C)nc2ccccc21. The van der Waals surface area contributed by atoms with Crippen LogP contribution in [-0.2, 0) is 13.0 Å². The van der Waals surface area contributed by atoms with Gasteiger partial charge >= 0.3 is 0 Å². The van der Waals surface area contributed by atoms with Crippen LogP contribution in [0.4, 0.5) is 0 Å². The fourth-order valence-corrected chi connectivity index (χ4v) is 4.07. The molecule has 0 bridgehead atoms. The van der Waals surface area contributed by atoms with E-state index in [1.54, 1.807) is 0 Å². The molecule has 1 N–H and O–H groups in total. The molecule has 1 aliphatic rings. The summed E-state index contributed by atoms with van der Waals surface area (Å²) in [4.78, 5) is 4.89. The van der Waals surface area contributed by atoms with Gasteiger partial charge in [0.1, 0.15) is 5.82 Å². The summed E-state index contributed by atoms with van der Waals surface area (Å²) in [5, 5.41) is 3.57. The van der Waals surface area contributed by atoms with E-state index < -0.39 is 0 Å². The van der Waals surface area contributed by atoms with Crippen LogP contribution in [0.1, 0.15) is 38.9 Å². The molecule has 3 rings (SSSR count). The minimum Gasteiger partial charge on any atom is -0.328 e. The number of rotatable bonds is 5. The molecule has 2 aromatic rings. The number of nitrogens with zero attached hydrogens (tertiary/aromatic N) is 2. The fraction of sp³-hybridized carbons (Fsp3) is 0.611. The predicted octanol–water partition coefficient (Wildman–Crippen LogP) is 3.62. The molecule has 1 aromatic heterocycles. The van der Waals surface area contributed by atoms with Crippen LogP contribution in [-0.4, -0.2) is 22.6 Å². The summed E-state index contributed by atoms with van der Waals surface area (Å²) >= 11 is 0. The molecule has 0 spiro atoms. The average molecular weight is 285 g/mol. The van der Waals surface area contributed by atoms with Gasteiger partial charge in [-0.1, -0.05) is 31.9 Å². The quantitative estimate of drug-likeness (QED) is 0.909. The van der Waals surface area contributed by atoms with Crippen molar-refractivity contribution >= 4 is 11.0 Å². The number of aromatic nitrogens is 2. The zero-order chi connectivity index (χ0) is 14.8. The third kappa shape index (κ3) is 2.71. The van der Waals surface area contributed by atoms with Gasteiger partial charge in [0, 0.05) is 19.0 Å². The number of fused-ring (bicyclic) bond motifs is 1. The zero-order valence-corrected chi connectivity index (χ0v) is 13.5. The molecule has 3 nitrogen and oxygen atoms in total. The molecule has 0 radical (unpaired) electrons.